The number of rotatable bonds is 3. The summed E-state index contributed by atoms with van der Waals surface area (Å²) in [5.41, 5.74) is 0.821. The van der Waals surface area contributed by atoms with E-state index in [9.17, 15) is 18.0 Å². The third-order valence-electron chi connectivity index (χ3n) is 3.54. The number of carbonyl (C=O) groups is 1. The molecule has 2 aromatic heterocycles. The summed E-state index contributed by atoms with van der Waals surface area (Å²) in [5.74, 6) is -1.41. The van der Waals surface area contributed by atoms with Crippen LogP contribution in [0.5, 0.6) is 0 Å². The fraction of sp³-hybridized carbons (Fsp3) is 0.462. The van der Waals surface area contributed by atoms with E-state index in [0.29, 0.717) is 24.2 Å². The van der Waals surface area contributed by atoms with E-state index in [1.807, 2.05) is 5.32 Å². The Balaban J connectivity index is 1.87. The van der Waals surface area contributed by atoms with E-state index < -0.39 is 24.0 Å². The van der Waals surface area contributed by atoms with Gasteiger partial charge in [-0.05, 0) is 31.7 Å². The summed E-state index contributed by atoms with van der Waals surface area (Å²) < 4.78 is 40.2. The van der Waals surface area contributed by atoms with Crippen LogP contribution in [0.25, 0.3) is 5.65 Å². The van der Waals surface area contributed by atoms with Crippen LogP contribution in [-0.4, -0.2) is 32.7 Å². The summed E-state index contributed by atoms with van der Waals surface area (Å²) in [5, 5.41) is 6.24. The lowest BCUT2D eigenvalue weighted by Gasteiger charge is -2.20. The molecule has 1 N–H and O–H groups in total. The minimum Gasteiger partial charge on any atom is -0.339 e. The van der Waals surface area contributed by atoms with Crippen molar-refractivity contribution in [3.8, 4) is 0 Å². The zero-order valence-electron chi connectivity index (χ0n) is 11.5. The summed E-state index contributed by atoms with van der Waals surface area (Å²) in [6, 6.07) is 1.03. The molecule has 22 heavy (non-hydrogen) atoms. The lowest BCUT2D eigenvalue weighted by molar-refractivity contribution is -0.158. The van der Waals surface area contributed by atoms with Crippen LogP contribution in [0.2, 0.25) is 5.15 Å². The number of amides is 1. The summed E-state index contributed by atoms with van der Waals surface area (Å²) >= 11 is 5.81. The third-order valence-corrected chi connectivity index (χ3v) is 3.73. The normalized spacial score (nSPS) is 16.8. The molecule has 1 amide bonds. The fourth-order valence-corrected chi connectivity index (χ4v) is 2.55. The maximum atomic E-state index is 12.9. The summed E-state index contributed by atoms with van der Waals surface area (Å²) in [7, 11) is 0. The SMILES string of the molecule is Cc1cc(Cl)nc2cc(C(=O)NC(C3CC3)C(F)(F)F)nn12. The highest BCUT2D eigenvalue weighted by atomic mass is 35.5. The van der Waals surface area contributed by atoms with Gasteiger partial charge < -0.3 is 5.32 Å². The standard InChI is InChI=1S/C13H12ClF3N4O/c1-6-4-9(14)18-10-5-8(20-21(6)10)12(22)19-11(7-2-3-7)13(15,16)17/h4-5,7,11H,2-3H2,1H3,(H,19,22). The first-order valence-corrected chi connectivity index (χ1v) is 7.04. The minimum atomic E-state index is -4.46. The number of aromatic nitrogens is 3. The predicted molar refractivity (Wildman–Crippen MR) is 72.8 cm³/mol. The van der Waals surface area contributed by atoms with Gasteiger partial charge in [0.05, 0.1) is 0 Å². The van der Waals surface area contributed by atoms with Gasteiger partial charge in [0.15, 0.2) is 11.3 Å². The van der Waals surface area contributed by atoms with E-state index >= 15 is 0 Å². The Hall–Kier alpha value is -1.83. The van der Waals surface area contributed by atoms with Crippen molar-refractivity contribution < 1.29 is 18.0 Å². The largest absolute Gasteiger partial charge is 0.408 e. The van der Waals surface area contributed by atoms with E-state index in [1.54, 1.807) is 13.0 Å². The number of alkyl halides is 3. The van der Waals surface area contributed by atoms with Gasteiger partial charge in [-0.2, -0.15) is 18.3 Å². The first kappa shape index (κ1) is 15.1. The highest BCUT2D eigenvalue weighted by Crippen LogP contribution is 2.40. The van der Waals surface area contributed by atoms with Crippen LogP contribution >= 0.6 is 11.6 Å². The molecule has 0 radical (unpaired) electrons. The average Bonchev–Trinajstić information content (AvgIpc) is 3.13. The molecule has 1 saturated carbocycles. The number of nitrogens with one attached hydrogen (secondary N) is 1. The minimum absolute atomic E-state index is 0.118. The Kier molecular flexibility index (Phi) is 3.51. The predicted octanol–water partition coefficient (Wildman–Crippen LogP) is 2.76. The van der Waals surface area contributed by atoms with E-state index in [-0.39, 0.29) is 10.8 Å². The Morgan fingerprint density at radius 1 is 1.45 bits per heavy atom. The van der Waals surface area contributed by atoms with Gasteiger partial charge >= 0.3 is 6.18 Å². The smallest absolute Gasteiger partial charge is 0.339 e. The van der Waals surface area contributed by atoms with E-state index in [0.717, 1.165) is 0 Å². The molecule has 1 aliphatic carbocycles. The van der Waals surface area contributed by atoms with Gasteiger partial charge in [0.1, 0.15) is 11.2 Å². The number of aryl methyl sites for hydroxylation is 1. The van der Waals surface area contributed by atoms with Crippen molar-refractivity contribution >= 4 is 23.2 Å². The lowest BCUT2D eigenvalue weighted by atomic mass is 10.1. The van der Waals surface area contributed by atoms with Gasteiger partial charge in [0.25, 0.3) is 5.91 Å². The third kappa shape index (κ3) is 2.87. The van der Waals surface area contributed by atoms with Gasteiger partial charge in [0.2, 0.25) is 0 Å². The number of halogens is 4. The molecule has 0 saturated heterocycles. The number of hydrogen-bond donors (Lipinski definition) is 1. The average molecular weight is 333 g/mol. The molecule has 3 rings (SSSR count). The molecular weight excluding hydrogens is 321 g/mol. The lowest BCUT2D eigenvalue weighted by Crippen LogP contribution is -2.47. The summed E-state index contributed by atoms with van der Waals surface area (Å²) in [6.45, 7) is 1.71. The molecule has 1 aliphatic rings. The Labute approximate surface area is 128 Å². The van der Waals surface area contributed by atoms with Crippen molar-refractivity contribution in [1.29, 1.82) is 0 Å². The summed E-state index contributed by atoms with van der Waals surface area (Å²) in [6.07, 6.45) is -3.54. The van der Waals surface area contributed by atoms with Gasteiger partial charge in [-0.3, -0.25) is 4.79 Å². The summed E-state index contributed by atoms with van der Waals surface area (Å²) in [4.78, 5) is 16.0. The Morgan fingerprint density at radius 2 is 2.14 bits per heavy atom. The van der Waals surface area contributed by atoms with Crippen molar-refractivity contribution in [2.45, 2.75) is 32.0 Å². The zero-order valence-corrected chi connectivity index (χ0v) is 12.2. The molecular formula is C13H12ClF3N4O. The van der Waals surface area contributed by atoms with Crippen molar-refractivity contribution in [1.82, 2.24) is 19.9 Å². The second-order valence-electron chi connectivity index (χ2n) is 5.35. The van der Waals surface area contributed by atoms with E-state index in [1.165, 1.54) is 10.6 Å². The number of nitrogens with zero attached hydrogens (tertiary/aromatic N) is 3. The Bertz CT molecular complexity index is 739. The second-order valence-corrected chi connectivity index (χ2v) is 5.74. The van der Waals surface area contributed by atoms with Crippen LogP contribution < -0.4 is 5.32 Å². The quantitative estimate of drug-likeness (QED) is 0.879. The van der Waals surface area contributed by atoms with Crippen LogP contribution in [0.3, 0.4) is 0 Å². The highest BCUT2D eigenvalue weighted by molar-refractivity contribution is 6.29. The first-order chi connectivity index (χ1) is 10.3. The first-order valence-electron chi connectivity index (χ1n) is 6.66. The highest BCUT2D eigenvalue weighted by Gasteiger charge is 2.49. The number of carbonyl (C=O) groups excluding carboxylic acids is 1. The van der Waals surface area contributed by atoms with Gasteiger partial charge in [-0.25, -0.2) is 9.50 Å². The van der Waals surface area contributed by atoms with Crippen LogP contribution in [-0.2, 0) is 0 Å². The maximum Gasteiger partial charge on any atom is 0.408 e. The van der Waals surface area contributed by atoms with Gasteiger partial charge in [0, 0.05) is 11.8 Å². The monoisotopic (exact) mass is 332 g/mol. The van der Waals surface area contributed by atoms with Crippen LogP contribution in [0.4, 0.5) is 13.2 Å². The molecule has 1 unspecified atom stereocenters. The second kappa shape index (κ2) is 5.12. The number of fused-ring (bicyclic) bond motifs is 1. The maximum absolute atomic E-state index is 12.9. The van der Waals surface area contributed by atoms with Crippen molar-refractivity contribution in [2.24, 2.45) is 5.92 Å². The molecule has 0 aromatic carbocycles. The topological polar surface area (TPSA) is 59.3 Å². The van der Waals surface area contributed by atoms with Gasteiger partial charge in [-0.15, -0.1) is 0 Å². The molecule has 0 aliphatic heterocycles. The molecule has 1 fully saturated rings. The van der Waals surface area contributed by atoms with Crippen LogP contribution in [0, 0.1) is 12.8 Å². The van der Waals surface area contributed by atoms with Crippen molar-refractivity contribution in [3.63, 3.8) is 0 Å². The van der Waals surface area contributed by atoms with E-state index in [4.69, 9.17) is 11.6 Å². The Morgan fingerprint density at radius 3 is 2.73 bits per heavy atom. The fourth-order valence-electron chi connectivity index (χ4n) is 2.31. The van der Waals surface area contributed by atoms with Crippen molar-refractivity contribution in [2.75, 3.05) is 0 Å². The van der Waals surface area contributed by atoms with Crippen LogP contribution in [0.1, 0.15) is 29.0 Å². The molecule has 2 heterocycles. The zero-order chi connectivity index (χ0) is 16.1. The van der Waals surface area contributed by atoms with Crippen molar-refractivity contribution in [3.05, 3.63) is 28.7 Å². The molecule has 9 heteroatoms. The molecule has 1 atom stereocenters. The van der Waals surface area contributed by atoms with Crippen LogP contribution in [0.15, 0.2) is 12.1 Å². The molecule has 118 valence electrons. The molecule has 5 nitrogen and oxygen atoms in total. The van der Waals surface area contributed by atoms with E-state index in [2.05, 4.69) is 10.1 Å². The molecule has 0 bridgehead atoms. The molecule has 0 spiro atoms. The molecule has 2 aromatic rings. The van der Waals surface area contributed by atoms with Gasteiger partial charge in [-0.1, -0.05) is 11.6 Å². The number of hydrogen-bond acceptors (Lipinski definition) is 3.